The summed E-state index contributed by atoms with van der Waals surface area (Å²) in [6.45, 7) is 9.51. The van der Waals surface area contributed by atoms with E-state index in [1.165, 1.54) is 5.56 Å². The first-order valence-electron chi connectivity index (χ1n) is 7.28. The Bertz CT molecular complexity index is 420. The number of benzene rings is 1. The summed E-state index contributed by atoms with van der Waals surface area (Å²) in [5.41, 5.74) is 2.22. The lowest BCUT2D eigenvalue weighted by atomic mass is 9.97. The minimum Gasteiger partial charge on any atom is -0.459 e. The Balaban J connectivity index is 2.67. The largest absolute Gasteiger partial charge is 0.459 e. The van der Waals surface area contributed by atoms with Gasteiger partial charge in [-0.05, 0) is 44.2 Å². The van der Waals surface area contributed by atoms with Crippen molar-refractivity contribution in [2.75, 3.05) is 0 Å². The molecule has 0 heterocycles. The van der Waals surface area contributed by atoms with Crippen LogP contribution in [0.4, 0.5) is 0 Å². The predicted molar refractivity (Wildman–Crippen MR) is 80.6 cm³/mol. The molecule has 3 atom stereocenters. The number of aliphatic hydroxyl groups excluding tert-OH is 1. The molecule has 1 aromatic rings. The first kappa shape index (κ1) is 16.7. The van der Waals surface area contributed by atoms with E-state index in [-0.39, 0.29) is 11.9 Å². The third kappa shape index (κ3) is 4.97. The highest BCUT2D eigenvalue weighted by atomic mass is 16.6. The summed E-state index contributed by atoms with van der Waals surface area (Å²) in [5.74, 6) is 0.00874. The third-order valence-electron chi connectivity index (χ3n) is 3.46. The number of rotatable bonds is 6. The highest BCUT2D eigenvalue weighted by Crippen LogP contribution is 2.19. The molecule has 0 bridgehead atoms. The van der Waals surface area contributed by atoms with Gasteiger partial charge in [-0.15, -0.1) is 0 Å². The van der Waals surface area contributed by atoms with Gasteiger partial charge in [0.15, 0.2) is 0 Å². The van der Waals surface area contributed by atoms with Crippen LogP contribution in [0.25, 0.3) is 0 Å². The molecule has 112 valence electrons. The van der Waals surface area contributed by atoms with Crippen LogP contribution in [0, 0.1) is 5.92 Å². The molecule has 3 heteroatoms. The maximum absolute atomic E-state index is 12.0. The molecular formula is C17H26O3. The Morgan fingerprint density at radius 1 is 1.10 bits per heavy atom. The van der Waals surface area contributed by atoms with Gasteiger partial charge in [0.25, 0.3) is 0 Å². The molecule has 1 aromatic carbocycles. The average molecular weight is 278 g/mol. The standard InChI is InChI=1S/C17H26O3/c1-11(2)10-15-6-8-16(9-7-15)12(3)17(19)20-14(5)13(4)18/h6-9,11-14,18H,10H2,1-5H3. The lowest BCUT2D eigenvalue weighted by Gasteiger charge is -2.19. The molecule has 0 saturated heterocycles. The molecule has 3 unspecified atom stereocenters. The number of carbonyl (C=O) groups excluding carboxylic acids is 1. The molecule has 0 aliphatic heterocycles. The van der Waals surface area contributed by atoms with Gasteiger partial charge in [-0.25, -0.2) is 0 Å². The van der Waals surface area contributed by atoms with E-state index in [1.54, 1.807) is 13.8 Å². The van der Waals surface area contributed by atoms with Gasteiger partial charge in [0.1, 0.15) is 6.10 Å². The Hall–Kier alpha value is -1.35. The zero-order chi connectivity index (χ0) is 15.3. The van der Waals surface area contributed by atoms with Gasteiger partial charge in [0.2, 0.25) is 0 Å². The van der Waals surface area contributed by atoms with E-state index in [4.69, 9.17) is 4.74 Å². The van der Waals surface area contributed by atoms with Crippen LogP contribution in [-0.4, -0.2) is 23.3 Å². The van der Waals surface area contributed by atoms with Crippen LogP contribution in [0.3, 0.4) is 0 Å². The summed E-state index contributed by atoms with van der Waals surface area (Å²) >= 11 is 0. The van der Waals surface area contributed by atoms with E-state index in [1.807, 2.05) is 19.1 Å². The van der Waals surface area contributed by atoms with Gasteiger partial charge in [-0.1, -0.05) is 38.1 Å². The second-order valence-corrected chi connectivity index (χ2v) is 5.94. The van der Waals surface area contributed by atoms with Crippen LogP contribution in [0.5, 0.6) is 0 Å². The number of hydrogen-bond acceptors (Lipinski definition) is 3. The zero-order valence-electron chi connectivity index (χ0n) is 13.1. The molecule has 1 rings (SSSR count). The number of carbonyl (C=O) groups is 1. The quantitative estimate of drug-likeness (QED) is 0.812. The SMILES string of the molecule is CC(C)Cc1ccc(C(C)C(=O)OC(C)C(C)O)cc1. The second kappa shape index (κ2) is 7.44. The number of aliphatic hydroxyl groups is 1. The van der Waals surface area contributed by atoms with E-state index in [9.17, 15) is 9.90 Å². The van der Waals surface area contributed by atoms with Crippen LogP contribution >= 0.6 is 0 Å². The van der Waals surface area contributed by atoms with Crippen LogP contribution < -0.4 is 0 Å². The molecule has 0 aliphatic rings. The van der Waals surface area contributed by atoms with Gasteiger partial charge in [-0.2, -0.15) is 0 Å². The maximum atomic E-state index is 12.0. The van der Waals surface area contributed by atoms with Gasteiger partial charge in [0, 0.05) is 0 Å². The Kier molecular flexibility index (Phi) is 6.21. The van der Waals surface area contributed by atoms with Gasteiger partial charge >= 0.3 is 5.97 Å². The molecular weight excluding hydrogens is 252 g/mol. The van der Waals surface area contributed by atoms with Crippen LogP contribution in [0.1, 0.15) is 51.7 Å². The van der Waals surface area contributed by atoms with Crippen molar-refractivity contribution in [3.63, 3.8) is 0 Å². The highest BCUT2D eigenvalue weighted by molar-refractivity contribution is 5.77. The lowest BCUT2D eigenvalue weighted by Crippen LogP contribution is -2.28. The average Bonchev–Trinajstić information content (AvgIpc) is 2.37. The van der Waals surface area contributed by atoms with Crippen molar-refractivity contribution in [2.45, 2.75) is 59.2 Å². The van der Waals surface area contributed by atoms with Crippen molar-refractivity contribution in [1.29, 1.82) is 0 Å². The number of ether oxygens (including phenoxy) is 1. The second-order valence-electron chi connectivity index (χ2n) is 5.94. The van der Waals surface area contributed by atoms with Crippen molar-refractivity contribution < 1.29 is 14.6 Å². The first-order chi connectivity index (χ1) is 9.31. The minimum absolute atomic E-state index is 0.296. The van der Waals surface area contributed by atoms with Crippen LogP contribution in [0.15, 0.2) is 24.3 Å². The molecule has 0 saturated carbocycles. The fourth-order valence-corrected chi connectivity index (χ4v) is 1.93. The molecule has 1 N–H and O–H groups in total. The van der Waals surface area contributed by atoms with Crippen molar-refractivity contribution >= 4 is 5.97 Å². The molecule has 0 spiro atoms. The maximum Gasteiger partial charge on any atom is 0.313 e. The summed E-state index contributed by atoms with van der Waals surface area (Å²) in [6.07, 6.45) is -0.0947. The van der Waals surface area contributed by atoms with Gasteiger partial charge in [0.05, 0.1) is 12.0 Å². The van der Waals surface area contributed by atoms with Crippen molar-refractivity contribution in [1.82, 2.24) is 0 Å². The molecule has 0 aliphatic carbocycles. The number of esters is 1. The van der Waals surface area contributed by atoms with E-state index in [0.29, 0.717) is 5.92 Å². The van der Waals surface area contributed by atoms with Crippen LogP contribution in [0.2, 0.25) is 0 Å². The Labute approximate surface area is 122 Å². The van der Waals surface area contributed by atoms with Crippen molar-refractivity contribution in [2.24, 2.45) is 5.92 Å². The molecule has 0 fully saturated rings. The topological polar surface area (TPSA) is 46.5 Å². The molecule has 0 radical (unpaired) electrons. The Morgan fingerprint density at radius 3 is 2.10 bits per heavy atom. The lowest BCUT2D eigenvalue weighted by molar-refractivity contribution is -0.154. The fraction of sp³-hybridized carbons (Fsp3) is 0.588. The van der Waals surface area contributed by atoms with E-state index in [0.717, 1.165) is 12.0 Å². The van der Waals surface area contributed by atoms with Crippen molar-refractivity contribution in [3.05, 3.63) is 35.4 Å². The van der Waals surface area contributed by atoms with E-state index < -0.39 is 12.2 Å². The summed E-state index contributed by atoms with van der Waals surface area (Å²) in [6, 6.07) is 8.10. The molecule has 0 aromatic heterocycles. The summed E-state index contributed by atoms with van der Waals surface area (Å²) in [7, 11) is 0. The van der Waals surface area contributed by atoms with Crippen LogP contribution in [-0.2, 0) is 16.0 Å². The smallest absolute Gasteiger partial charge is 0.313 e. The van der Waals surface area contributed by atoms with Crippen molar-refractivity contribution in [3.8, 4) is 0 Å². The fourth-order valence-electron chi connectivity index (χ4n) is 1.93. The van der Waals surface area contributed by atoms with E-state index >= 15 is 0 Å². The monoisotopic (exact) mass is 278 g/mol. The van der Waals surface area contributed by atoms with E-state index in [2.05, 4.69) is 26.0 Å². The summed E-state index contributed by atoms with van der Waals surface area (Å²) < 4.78 is 5.23. The molecule has 0 amide bonds. The van der Waals surface area contributed by atoms with Gasteiger partial charge in [-0.3, -0.25) is 4.79 Å². The zero-order valence-corrected chi connectivity index (χ0v) is 13.1. The van der Waals surface area contributed by atoms with Gasteiger partial charge < -0.3 is 9.84 Å². The third-order valence-corrected chi connectivity index (χ3v) is 3.46. The normalized spacial score (nSPS) is 15.8. The summed E-state index contributed by atoms with van der Waals surface area (Å²) in [4.78, 5) is 12.0. The summed E-state index contributed by atoms with van der Waals surface area (Å²) in [5, 5.41) is 9.37. The first-order valence-corrected chi connectivity index (χ1v) is 7.28. The molecule has 20 heavy (non-hydrogen) atoms. The molecule has 3 nitrogen and oxygen atoms in total. The Morgan fingerprint density at radius 2 is 1.65 bits per heavy atom. The highest BCUT2D eigenvalue weighted by Gasteiger charge is 2.21. The predicted octanol–water partition coefficient (Wildman–Crippen LogP) is 3.30. The number of hydrogen-bond donors (Lipinski definition) is 1. The minimum atomic E-state index is -0.653.